The topological polar surface area (TPSA) is 48.1 Å². The van der Waals surface area contributed by atoms with Crippen LogP contribution in [0.15, 0.2) is 36.5 Å². The minimum atomic E-state index is -0.0244. The van der Waals surface area contributed by atoms with Crippen molar-refractivity contribution in [3.05, 3.63) is 42.2 Å². The van der Waals surface area contributed by atoms with Crippen LogP contribution in [0.25, 0.3) is 10.8 Å². The van der Waals surface area contributed by atoms with Crippen LogP contribution < -0.4 is 5.73 Å². The van der Waals surface area contributed by atoms with E-state index in [0.29, 0.717) is 5.92 Å². The maximum Gasteiger partial charge on any atom is 0.0652 e. The van der Waals surface area contributed by atoms with Gasteiger partial charge < -0.3 is 10.5 Å². The Hall–Kier alpha value is -1.45. The normalized spacial score (nSPS) is 21.8. The number of hydrogen-bond donors (Lipinski definition) is 1. The minimum Gasteiger partial charge on any atom is -0.381 e. The molecule has 17 heavy (non-hydrogen) atoms. The molecule has 1 aliphatic heterocycles. The molecule has 1 fully saturated rings. The van der Waals surface area contributed by atoms with E-state index in [9.17, 15) is 0 Å². The van der Waals surface area contributed by atoms with Gasteiger partial charge >= 0.3 is 0 Å². The zero-order chi connectivity index (χ0) is 11.7. The molecule has 1 aliphatic rings. The van der Waals surface area contributed by atoms with E-state index in [0.717, 1.165) is 30.7 Å². The van der Waals surface area contributed by atoms with Crippen LogP contribution in [0.2, 0.25) is 0 Å². The van der Waals surface area contributed by atoms with E-state index >= 15 is 0 Å². The van der Waals surface area contributed by atoms with Gasteiger partial charge in [0.15, 0.2) is 0 Å². The fourth-order valence-electron chi connectivity index (χ4n) is 2.47. The minimum absolute atomic E-state index is 0.0244. The second-order valence-corrected chi connectivity index (χ2v) is 4.57. The Balaban J connectivity index is 2.04. The SMILES string of the molecule is NC(c1nccc2ccccc12)C1CCOC1. The quantitative estimate of drug-likeness (QED) is 0.857. The van der Waals surface area contributed by atoms with Gasteiger partial charge in [0.25, 0.3) is 0 Å². The van der Waals surface area contributed by atoms with Gasteiger partial charge in [-0.15, -0.1) is 0 Å². The van der Waals surface area contributed by atoms with Crippen molar-refractivity contribution in [2.45, 2.75) is 12.5 Å². The summed E-state index contributed by atoms with van der Waals surface area (Å²) >= 11 is 0. The molecule has 0 bridgehead atoms. The molecule has 0 aliphatic carbocycles. The largest absolute Gasteiger partial charge is 0.381 e. The zero-order valence-electron chi connectivity index (χ0n) is 9.67. The number of ether oxygens (including phenoxy) is 1. The predicted molar refractivity (Wildman–Crippen MR) is 67.6 cm³/mol. The van der Waals surface area contributed by atoms with Crippen LogP contribution in [-0.4, -0.2) is 18.2 Å². The highest BCUT2D eigenvalue weighted by molar-refractivity contribution is 5.84. The molecule has 3 heteroatoms. The van der Waals surface area contributed by atoms with E-state index in [2.05, 4.69) is 17.1 Å². The molecular weight excluding hydrogens is 212 g/mol. The van der Waals surface area contributed by atoms with E-state index in [-0.39, 0.29) is 6.04 Å². The van der Waals surface area contributed by atoms with Crippen LogP contribution in [0.3, 0.4) is 0 Å². The van der Waals surface area contributed by atoms with E-state index in [1.165, 1.54) is 5.39 Å². The van der Waals surface area contributed by atoms with Crippen LogP contribution in [0.1, 0.15) is 18.2 Å². The number of benzene rings is 1. The lowest BCUT2D eigenvalue weighted by Gasteiger charge is -2.18. The van der Waals surface area contributed by atoms with Crippen molar-refractivity contribution in [2.75, 3.05) is 13.2 Å². The second-order valence-electron chi connectivity index (χ2n) is 4.57. The van der Waals surface area contributed by atoms with E-state index in [4.69, 9.17) is 10.5 Å². The third kappa shape index (κ3) is 1.92. The molecule has 2 unspecified atom stereocenters. The summed E-state index contributed by atoms with van der Waals surface area (Å²) in [7, 11) is 0. The summed E-state index contributed by atoms with van der Waals surface area (Å²) in [6.07, 6.45) is 2.87. The van der Waals surface area contributed by atoms with E-state index in [1.807, 2.05) is 24.4 Å². The molecule has 0 spiro atoms. The van der Waals surface area contributed by atoms with E-state index in [1.54, 1.807) is 0 Å². The second kappa shape index (κ2) is 4.43. The molecule has 0 saturated carbocycles. The smallest absolute Gasteiger partial charge is 0.0652 e. The van der Waals surface area contributed by atoms with Gasteiger partial charge in [-0.3, -0.25) is 4.98 Å². The zero-order valence-corrected chi connectivity index (χ0v) is 9.67. The van der Waals surface area contributed by atoms with Crippen LogP contribution >= 0.6 is 0 Å². The van der Waals surface area contributed by atoms with Gasteiger partial charge in [0.05, 0.1) is 18.3 Å². The average molecular weight is 228 g/mol. The maximum atomic E-state index is 6.32. The standard InChI is InChI=1S/C14H16N2O/c15-13(11-6-8-17-9-11)14-12-4-2-1-3-10(12)5-7-16-14/h1-5,7,11,13H,6,8-9,15H2. The molecule has 3 nitrogen and oxygen atoms in total. The third-order valence-electron chi connectivity index (χ3n) is 3.49. The van der Waals surface area contributed by atoms with Crippen molar-refractivity contribution < 1.29 is 4.74 Å². The number of nitrogens with two attached hydrogens (primary N) is 1. The molecule has 1 aromatic carbocycles. The first kappa shape index (κ1) is 10.7. The summed E-state index contributed by atoms with van der Waals surface area (Å²) in [5.41, 5.74) is 7.32. The fraction of sp³-hybridized carbons (Fsp3) is 0.357. The molecule has 2 atom stereocenters. The number of hydrogen-bond acceptors (Lipinski definition) is 3. The van der Waals surface area contributed by atoms with Crippen LogP contribution in [0, 0.1) is 5.92 Å². The number of nitrogens with zero attached hydrogens (tertiary/aromatic N) is 1. The lowest BCUT2D eigenvalue weighted by Crippen LogP contribution is -2.22. The highest BCUT2D eigenvalue weighted by atomic mass is 16.5. The van der Waals surface area contributed by atoms with Crippen LogP contribution in [0.4, 0.5) is 0 Å². The molecule has 2 N–H and O–H groups in total. The number of fused-ring (bicyclic) bond motifs is 1. The number of rotatable bonds is 2. The highest BCUT2D eigenvalue weighted by Crippen LogP contribution is 2.29. The molecular formula is C14H16N2O. The Morgan fingerprint density at radius 2 is 2.18 bits per heavy atom. The monoisotopic (exact) mass is 228 g/mol. The summed E-state index contributed by atoms with van der Waals surface area (Å²) < 4.78 is 5.40. The molecule has 0 amide bonds. The fourth-order valence-corrected chi connectivity index (χ4v) is 2.47. The van der Waals surface area contributed by atoms with Gasteiger partial charge in [-0.25, -0.2) is 0 Å². The highest BCUT2D eigenvalue weighted by Gasteiger charge is 2.25. The lowest BCUT2D eigenvalue weighted by molar-refractivity contribution is 0.180. The Labute approximate surface area is 101 Å². The van der Waals surface area contributed by atoms with Crippen molar-refractivity contribution in [3.8, 4) is 0 Å². The van der Waals surface area contributed by atoms with Gasteiger partial charge in [-0.2, -0.15) is 0 Å². The predicted octanol–water partition coefficient (Wildman–Crippen LogP) is 2.27. The summed E-state index contributed by atoms with van der Waals surface area (Å²) in [5.74, 6) is 0.397. The molecule has 2 aromatic rings. The van der Waals surface area contributed by atoms with Crippen molar-refractivity contribution in [1.29, 1.82) is 0 Å². The van der Waals surface area contributed by atoms with Gasteiger partial charge in [0.1, 0.15) is 0 Å². The number of aromatic nitrogens is 1. The van der Waals surface area contributed by atoms with Crippen LogP contribution in [-0.2, 0) is 4.74 Å². The average Bonchev–Trinajstić information content (AvgIpc) is 2.91. The molecule has 3 rings (SSSR count). The maximum absolute atomic E-state index is 6.32. The van der Waals surface area contributed by atoms with Crippen molar-refractivity contribution in [3.63, 3.8) is 0 Å². The Morgan fingerprint density at radius 3 is 3.00 bits per heavy atom. The number of pyridine rings is 1. The van der Waals surface area contributed by atoms with Gasteiger partial charge in [-0.1, -0.05) is 24.3 Å². The van der Waals surface area contributed by atoms with Gasteiger partial charge in [0.2, 0.25) is 0 Å². The van der Waals surface area contributed by atoms with Crippen molar-refractivity contribution in [1.82, 2.24) is 4.98 Å². The first-order valence-electron chi connectivity index (χ1n) is 6.03. The van der Waals surface area contributed by atoms with E-state index < -0.39 is 0 Å². The summed E-state index contributed by atoms with van der Waals surface area (Å²) in [6, 6.07) is 10.3. The van der Waals surface area contributed by atoms with Gasteiger partial charge in [0, 0.05) is 24.1 Å². The first-order valence-corrected chi connectivity index (χ1v) is 6.03. The van der Waals surface area contributed by atoms with Crippen LogP contribution in [0.5, 0.6) is 0 Å². The Kier molecular flexibility index (Phi) is 2.79. The van der Waals surface area contributed by atoms with Gasteiger partial charge in [-0.05, 0) is 17.9 Å². The van der Waals surface area contributed by atoms with Crippen molar-refractivity contribution in [2.24, 2.45) is 11.7 Å². The lowest BCUT2D eigenvalue weighted by atomic mass is 9.94. The molecule has 2 heterocycles. The molecule has 1 aromatic heterocycles. The summed E-state index contributed by atoms with van der Waals surface area (Å²) in [6.45, 7) is 1.58. The molecule has 1 saturated heterocycles. The first-order chi connectivity index (χ1) is 8.36. The third-order valence-corrected chi connectivity index (χ3v) is 3.49. The summed E-state index contributed by atoms with van der Waals surface area (Å²) in [4.78, 5) is 4.47. The summed E-state index contributed by atoms with van der Waals surface area (Å²) in [5, 5.41) is 2.36. The molecule has 0 radical (unpaired) electrons. The Morgan fingerprint density at radius 1 is 1.29 bits per heavy atom. The Bertz CT molecular complexity index is 515. The molecule has 88 valence electrons. The van der Waals surface area contributed by atoms with Crippen molar-refractivity contribution >= 4 is 10.8 Å².